The van der Waals surface area contributed by atoms with Gasteiger partial charge in [0.1, 0.15) is 5.75 Å². The number of pyridine rings is 1. The molecule has 4 heteroatoms. The van der Waals surface area contributed by atoms with Gasteiger partial charge < -0.3 is 4.74 Å². The fourth-order valence-corrected chi connectivity index (χ4v) is 4.22. The summed E-state index contributed by atoms with van der Waals surface area (Å²) < 4.78 is 6.82. The molecule has 3 aromatic carbocycles. The van der Waals surface area contributed by atoms with Gasteiger partial charge in [-0.15, -0.1) is 0 Å². The molecule has 3 nitrogen and oxygen atoms in total. The molecule has 4 aromatic rings. The lowest BCUT2D eigenvalue weighted by Gasteiger charge is -2.23. The van der Waals surface area contributed by atoms with E-state index >= 15 is 0 Å². The average molecular weight is 502 g/mol. The first-order valence-electron chi connectivity index (χ1n) is 11.2. The van der Waals surface area contributed by atoms with Crippen LogP contribution in [0.4, 0.5) is 0 Å². The fourth-order valence-electron chi connectivity index (χ4n) is 3.96. The van der Waals surface area contributed by atoms with Crippen LogP contribution in [0.1, 0.15) is 54.2 Å². The van der Waals surface area contributed by atoms with Crippen LogP contribution in [-0.4, -0.2) is 11.0 Å². The number of hydrogen-bond acceptors (Lipinski definition) is 3. The molecular weight excluding hydrogens is 474 g/mol. The Morgan fingerprint density at radius 2 is 1.64 bits per heavy atom. The highest BCUT2D eigenvalue weighted by Gasteiger charge is 2.20. The number of halogens is 1. The number of fused-ring (bicyclic) bond motifs is 1. The molecule has 0 fully saturated rings. The van der Waals surface area contributed by atoms with Gasteiger partial charge in [-0.2, -0.15) is 0 Å². The Balaban J connectivity index is 1.76. The van der Waals surface area contributed by atoms with E-state index in [0.29, 0.717) is 11.3 Å². The van der Waals surface area contributed by atoms with E-state index in [0.717, 1.165) is 44.2 Å². The van der Waals surface area contributed by atoms with E-state index in [-0.39, 0.29) is 11.4 Å². The number of esters is 1. The largest absolute Gasteiger partial charge is 0.423 e. The van der Waals surface area contributed by atoms with Crippen LogP contribution >= 0.6 is 15.9 Å². The number of carbonyl (C=O) groups is 1. The molecule has 0 amide bonds. The van der Waals surface area contributed by atoms with Crippen molar-refractivity contribution in [2.24, 2.45) is 0 Å². The van der Waals surface area contributed by atoms with Crippen LogP contribution in [0, 0.1) is 13.8 Å². The molecule has 168 valence electrons. The summed E-state index contributed by atoms with van der Waals surface area (Å²) in [5.41, 5.74) is 6.44. The minimum absolute atomic E-state index is 0.0818. The van der Waals surface area contributed by atoms with Gasteiger partial charge in [-0.3, -0.25) is 0 Å². The number of carbonyl (C=O) groups excluding carboxylic acids is 1. The van der Waals surface area contributed by atoms with Crippen LogP contribution in [-0.2, 0) is 5.41 Å². The highest BCUT2D eigenvalue weighted by atomic mass is 79.9. The fraction of sp³-hybridized carbons (Fsp3) is 0.241. The highest BCUT2D eigenvalue weighted by Crippen LogP contribution is 2.31. The number of ether oxygens (including phenoxy) is 1. The Morgan fingerprint density at radius 1 is 0.970 bits per heavy atom. The van der Waals surface area contributed by atoms with Crippen molar-refractivity contribution in [1.82, 2.24) is 4.98 Å². The van der Waals surface area contributed by atoms with Crippen molar-refractivity contribution >= 4 is 32.8 Å². The minimum Gasteiger partial charge on any atom is -0.423 e. The molecule has 0 unspecified atom stereocenters. The van der Waals surface area contributed by atoms with Crippen LogP contribution in [0.25, 0.3) is 22.2 Å². The van der Waals surface area contributed by atoms with E-state index in [9.17, 15) is 4.79 Å². The van der Waals surface area contributed by atoms with Crippen molar-refractivity contribution in [2.75, 3.05) is 0 Å². The molecule has 0 aliphatic rings. The van der Waals surface area contributed by atoms with Crippen molar-refractivity contribution in [3.63, 3.8) is 0 Å². The Kier molecular flexibility index (Phi) is 6.40. The van der Waals surface area contributed by atoms with Gasteiger partial charge in [-0.25, -0.2) is 9.78 Å². The molecule has 0 spiro atoms. The number of hydrogen-bond donors (Lipinski definition) is 0. The molecule has 33 heavy (non-hydrogen) atoms. The lowest BCUT2D eigenvalue weighted by molar-refractivity contribution is 0.0737. The summed E-state index contributed by atoms with van der Waals surface area (Å²) in [5.74, 6) is 0.156. The zero-order chi connectivity index (χ0) is 23.8. The molecular formula is C29H28BrNO2. The maximum atomic E-state index is 13.4. The Hall–Kier alpha value is -2.98. The third kappa shape index (κ3) is 4.86. The standard InChI is InChI=1S/C29H28BrNO2/c1-6-29(4,5)21-9-13-23(14-10-21)33-28(32)25-17-26(20-7-11-22(30)12-8-20)31-27-19(3)15-18(2)16-24(25)27/h7-17H,6H2,1-5H3. The van der Waals surface area contributed by atoms with Gasteiger partial charge in [0.2, 0.25) is 0 Å². The van der Waals surface area contributed by atoms with Gasteiger partial charge in [0, 0.05) is 15.4 Å². The number of aryl methyl sites for hydroxylation is 2. The topological polar surface area (TPSA) is 39.2 Å². The molecule has 0 saturated carbocycles. The summed E-state index contributed by atoms with van der Waals surface area (Å²) in [6.07, 6.45) is 1.03. The molecule has 0 aliphatic heterocycles. The third-order valence-electron chi connectivity index (χ3n) is 6.34. The second-order valence-electron chi connectivity index (χ2n) is 9.19. The van der Waals surface area contributed by atoms with Crippen LogP contribution in [0.15, 0.2) is 71.2 Å². The second kappa shape index (κ2) is 9.11. The van der Waals surface area contributed by atoms with Crippen molar-refractivity contribution < 1.29 is 9.53 Å². The van der Waals surface area contributed by atoms with Crippen LogP contribution < -0.4 is 4.74 Å². The minimum atomic E-state index is -0.381. The summed E-state index contributed by atoms with van der Waals surface area (Å²) in [7, 11) is 0. The van der Waals surface area contributed by atoms with E-state index in [1.54, 1.807) is 0 Å². The number of rotatable bonds is 5. The van der Waals surface area contributed by atoms with Crippen molar-refractivity contribution in [3.05, 3.63) is 93.5 Å². The van der Waals surface area contributed by atoms with Gasteiger partial charge in [0.25, 0.3) is 0 Å². The third-order valence-corrected chi connectivity index (χ3v) is 6.87. The summed E-state index contributed by atoms with van der Waals surface area (Å²) in [5, 5.41) is 0.807. The molecule has 1 aromatic heterocycles. The van der Waals surface area contributed by atoms with Crippen molar-refractivity contribution in [2.45, 2.75) is 46.5 Å². The number of aromatic nitrogens is 1. The first-order chi connectivity index (χ1) is 15.7. The lowest BCUT2D eigenvalue weighted by atomic mass is 9.82. The highest BCUT2D eigenvalue weighted by molar-refractivity contribution is 9.10. The molecule has 0 N–H and O–H groups in total. The second-order valence-corrected chi connectivity index (χ2v) is 10.1. The predicted molar refractivity (Wildman–Crippen MR) is 139 cm³/mol. The normalized spacial score (nSPS) is 11.6. The average Bonchev–Trinajstić information content (AvgIpc) is 2.79. The van der Waals surface area contributed by atoms with Crippen LogP contribution in [0.3, 0.4) is 0 Å². The van der Waals surface area contributed by atoms with E-state index in [1.807, 2.05) is 74.5 Å². The van der Waals surface area contributed by atoms with Crippen molar-refractivity contribution in [1.29, 1.82) is 0 Å². The van der Waals surface area contributed by atoms with Gasteiger partial charge in [0.15, 0.2) is 0 Å². The van der Waals surface area contributed by atoms with Gasteiger partial charge >= 0.3 is 5.97 Å². The molecule has 0 radical (unpaired) electrons. The first kappa shape index (κ1) is 23.2. The van der Waals surface area contributed by atoms with E-state index in [2.05, 4.69) is 42.8 Å². The quantitative estimate of drug-likeness (QED) is 0.204. The summed E-state index contributed by atoms with van der Waals surface area (Å²) in [6, 6.07) is 21.7. The zero-order valence-electron chi connectivity index (χ0n) is 19.7. The summed E-state index contributed by atoms with van der Waals surface area (Å²) >= 11 is 3.48. The smallest absolute Gasteiger partial charge is 0.344 e. The van der Waals surface area contributed by atoms with Gasteiger partial charge in [-0.1, -0.05) is 72.6 Å². The lowest BCUT2D eigenvalue weighted by Crippen LogP contribution is -2.15. The summed E-state index contributed by atoms with van der Waals surface area (Å²) in [4.78, 5) is 18.3. The molecule has 0 atom stereocenters. The number of benzene rings is 3. The molecule has 0 aliphatic carbocycles. The van der Waals surface area contributed by atoms with Crippen LogP contribution in [0.5, 0.6) is 5.75 Å². The molecule has 0 bridgehead atoms. The predicted octanol–water partition coefficient (Wildman–Crippen LogP) is 8.19. The zero-order valence-corrected chi connectivity index (χ0v) is 21.3. The Labute approximate surface area is 204 Å². The first-order valence-corrected chi connectivity index (χ1v) is 12.0. The van der Waals surface area contributed by atoms with Gasteiger partial charge in [-0.05, 0) is 73.2 Å². The Bertz CT molecular complexity index is 1320. The van der Waals surface area contributed by atoms with Crippen LogP contribution in [0.2, 0.25) is 0 Å². The molecule has 4 rings (SSSR count). The van der Waals surface area contributed by atoms with Gasteiger partial charge in [0.05, 0.1) is 16.8 Å². The maximum absolute atomic E-state index is 13.4. The molecule has 1 heterocycles. The van der Waals surface area contributed by atoms with E-state index in [1.165, 1.54) is 5.56 Å². The monoisotopic (exact) mass is 501 g/mol. The van der Waals surface area contributed by atoms with E-state index in [4.69, 9.17) is 9.72 Å². The Morgan fingerprint density at radius 3 is 2.27 bits per heavy atom. The molecule has 0 saturated heterocycles. The maximum Gasteiger partial charge on any atom is 0.344 e. The SMILES string of the molecule is CCC(C)(C)c1ccc(OC(=O)c2cc(-c3ccc(Br)cc3)nc3c(C)cc(C)cc23)cc1. The van der Waals surface area contributed by atoms with Crippen molar-refractivity contribution in [3.8, 4) is 17.0 Å². The number of nitrogens with zero attached hydrogens (tertiary/aromatic N) is 1. The summed E-state index contributed by atoms with van der Waals surface area (Å²) in [6.45, 7) is 10.7. The van der Waals surface area contributed by atoms with E-state index < -0.39 is 0 Å².